The molecule has 0 amide bonds. The van der Waals surface area contributed by atoms with Gasteiger partial charge in [-0.1, -0.05) is 36.4 Å². The Morgan fingerprint density at radius 2 is 1.50 bits per heavy atom. The molecule has 0 heterocycles. The Kier molecular flexibility index (Phi) is 6.78. The van der Waals surface area contributed by atoms with Crippen molar-refractivity contribution in [1.29, 1.82) is 0 Å². The van der Waals surface area contributed by atoms with Crippen LogP contribution in [0.1, 0.15) is 11.1 Å². The average molecular weight is 331 g/mol. The van der Waals surface area contributed by atoms with Crippen LogP contribution in [-0.2, 0) is 0 Å². The number of nitrogens with one attached hydrogen (secondary N) is 1. The smallest absolute Gasteiger partial charge is 0.119 e. The van der Waals surface area contributed by atoms with Gasteiger partial charge < -0.3 is 20.3 Å². The molecule has 4 nitrogen and oxygen atoms in total. The topological polar surface area (TPSA) is 61.7 Å². The van der Waals surface area contributed by atoms with Crippen molar-refractivity contribution in [2.75, 3.05) is 25.6 Å². The first-order chi connectivity index (χ1) is 11.6. The van der Waals surface area contributed by atoms with Crippen LogP contribution in [-0.4, -0.2) is 42.8 Å². The highest BCUT2D eigenvalue weighted by molar-refractivity contribution is 5.70. The number of aliphatic hydroxyl groups excluding tert-OH is 2. The largest absolute Gasteiger partial charge is 0.491 e. The zero-order valence-corrected chi connectivity index (χ0v) is 13.5. The first kappa shape index (κ1) is 18.0. The number of halogens is 1. The maximum absolute atomic E-state index is 12.2. The molecule has 2 rings (SSSR count). The summed E-state index contributed by atoms with van der Waals surface area (Å²) in [6, 6.07) is 15.4. The second-order valence-electron chi connectivity index (χ2n) is 5.37. The molecule has 2 unspecified atom stereocenters. The lowest BCUT2D eigenvalue weighted by Gasteiger charge is -2.15. The van der Waals surface area contributed by atoms with Crippen LogP contribution < -0.4 is 10.1 Å². The molecule has 0 spiro atoms. The number of hydrogen-bond donors (Lipinski definition) is 3. The first-order valence-electron chi connectivity index (χ1n) is 7.73. The van der Waals surface area contributed by atoms with Crippen LogP contribution in [0.15, 0.2) is 48.5 Å². The monoisotopic (exact) mass is 331 g/mol. The minimum absolute atomic E-state index is 0.155. The zero-order valence-electron chi connectivity index (χ0n) is 13.5. The maximum Gasteiger partial charge on any atom is 0.119 e. The molecule has 0 saturated carbocycles. The summed E-state index contributed by atoms with van der Waals surface area (Å²) in [5, 5.41) is 21.7. The molecule has 0 aliphatic carbocycles. The van der Waals surface area contributed by atoms with Crippen molar-refractivity contribution in [1.82, 2.24) is 0 Å². The summed E-state index contributed by atoms with van der Waals surface area (Å²) in [5.74, 6) is 0.552. The van der Waals surface area contributed by atoms with Crippen molar-refractivity contribution in [2.45, 2.75) is 12.2 Å². The number of hydrogen-bond acceptors (Lipinski definition) is 4. The predicted molar refractivity (Wildman–Crippen MR) is 94.8 cm³/mol. The summed E-state index contributed by atoms with van der Waals surface area (Å²) in [6.45, 7) is -1.15. The number of aliphatic hydroxyl groups is 2. The van der Waals surface area contributed by atoms with Gasteiger partial charge in [-0.3, -0.25) is 0 Å². The van der Waals surface area contributed by atoms with Crippen molar-refractivity contribution in [2.24, 2.45) is 0 Å². The fraction of sp³-hybridized carbons (Fsp3) is 0.263. The van der Waals surface area contributed by atoms with Crippen LogP contribution in [0.5, 0.6) is 5.75 Å². The van der Waals surface area contributed by atoms with Gasteiger partial charge in [-0.15, -0.1) is 0 Å². The lowest BCUT2D eigenvalue weighted by atomic mass is 10.1. The van der Waals surface area contributed by atoms with Gasteiger partial charge in [-0.2, -0.15) is 0 Å². The van der Waals surface area contributed by atoms with Crippen molar-refractivity contribution in [3.05, 3.63) is 59.7 Å². The van der Waals surface area contributed by atoms with Crippen LogP contribution in [0.2, 0.25) is 0 Å². The number of benzene rings is 2. The summed E-state index contributed by atoms with van der Waals surface area (Å²) in [6.07, 6.45) is 1.34. The van der Waals surface area contributed by atoms with E-state index in [1.807, 2.05) is 55.6 Å². The Hall–Kier alpha value is -2.37. The molecule has 0 fully saturated rings. The lowest BCUT2D eigenvalue weighted by molar-refractivity contribution is -0.0186. The van der Waals surface area contributed by atoms with E-state index in [-0.39, 0.29) is 6.61 Å². The Balaban J connectivity index is 1.90. The van der Waals surface area contributed by atoms with Crippen LogP contribution in [0.4, 0.5) is 10.1 Å². The molecule has 0 bridgehead atoms. The van der Waals surface area contributed by atoms with E-state index >= 15 is 0 Å². The molecule has 128 valence electrons. The quantitative estimate of drug-likeness (QED) is 0.651. The molecular weight excluding hydrogens is 309 g/mol. The number of anilines is 1. The second-order valence-corrected chi connectivity index (χ2v) is 5.37. The highest BCUT2D eigenvalue weighted by atomic mass is 19.1. The van der Waals surface area contributed by atoms with Gasteiger partial charge in [0.1, 0.15) is 31.2 Å². The summed E-state index contributed by atoms with van der Waals surface area (Å²) < 4.78 is 17.5. The minimum atomic E-state index is -1.42. The van der Waals surface area contributed by atoms with Gasteiger partial charge in [0.15, 0.2) is 0 Å². The molecule has 2 aromatic carbocycles. The average Bonchev–Trinajstić information content (AvgIpc) is 2.65. The molecule has 0 aromatic heterocycles. The molecule has 3 N–H and O–H groups in total. The van der Waals surface area contributed by atoms with Crippen LogP contribution >= 0.6 is 0 Å². The maximum atomic E-state index is 12.2. The van der Waals surface area contributed by atoms with Gasteiger partial charge in [-0.25, -0.2) is 4.39 Å². The van der Waals surface area contributed by atoms with E-state index in [4.69, 9.17) is 9.84 Å². The molecule has 24 heavy (non-hydrogen) atoms. The van der Waals surface area contributed by atoms with Gasteiger partial charge in [0.2, 0.25) is 0 Å². The van der Waals surface area contributed by atoms with E-state index < -0.39 is 18.9 Å². The third kappa shape index (κ3) is 5.37. The van der Waals surface area contributed by atoms with Crippen LogP contribution in [0.25, 0.3) is 12.2 Å². The normalized spacial score (nSPS) is 13.7. The Labute approximate surface area is 141 Å². The summed E-state index contributed by atoms with van der Waals surface area (Å²) in [4.78, 5) is 0. The minimum Gasteiger partial charge on any atom is -0.491 e. The van der Waals surface area contributed by atoms with Crippen molar-refractivity contribution >= 4 is 17.8 Å². The molecule has 2 atom stereocenters. The zero-order chi connectivity index (χ0) is 17.4. The highest BCUT2D eigenvalue weighted by Crippen LogP contribution is 2.16. The van der Waals surface area contributed by atoms with Gasteiger partial charge in [0.05, 0.1) is 0 Å². The summed E-state index contributed by atoms with van der Waals surface area (Å²) in [5.41, 5.74) is 3.16. The molecule has 2 aromatic rings. The summed E-state index contributed by atoms with van der Waals surface area (Å²) in [7, 11) is 1.88. The van der Waals surface area contributed by atoms with Crippen LogP contribution in [0.3, 0.4) is 0 Å². The predicted octanol–water partition coefficient (Wildman–Crippen LogP) is 2.97. The Bertz CT molecular complexity index is 641. The van der Waals surface area contributed by atoms with E-state index in [0.717, 1.165) is 16.8 Å². The molecule has 5 heteroatoms. The molecule has 0 aliphatic rings. The molecular formula is C19H22FNO3. The molecule has 0 radical (unpaired) electrons. The third-order valence-corrected chi connectivity index (χ3v) is 3.57. The second kappa shape index (κ2) is 9.05. The first-order valence-corrected chi connectivity index (χ1v) is 7.73. The third-order valence-electron chi connectivity index (χ3n) is 3.57. The number of rotatable bonds is 8. The van der Waals surface area contributed by atoms with Crippen molar-refractivity contribution < 1.29 is 19.3 Å². The van der Waals surface area contributed by atoms with Crippen LogP contribution in [0, 0.1) is 0 Å². The SMILES string of the molecule is CNc1ccc(C=Cc2ccc(OCC(O)C(O)CF)cc2)cc1. The highest BCUT2D eigenvalue weighted by Gasteiger charge is 2.16. The van der Waals surface area contributed by atoms with E-state index in [1.165, 1.54) is 0 Å². The summed E-state index contributed by atoms with van der Waals surface area (Å²) >= 11 is 0. The van der Waals surface area contributed by atoms with Gasteiger partial charge in [0.25, 0.3) is 0 Å². The lowest BCUT2D eigenvalue weighted by Crippen LogP contribution is -2.33. The van der Waals surface area contributed by atoms with E-state index in [1.54, 1.807) is 12.1 Å². The van der Waals surface area contributed by atoms with Crippen molar-refractivity contribution in [3.63, 3.8) is 0 Å². The Morgan fingerprint density at radius 1 is 0.958 bits per heavy atom. The van der Waals surface area contributed by atoms with E-state index in [9.17, 15) is 9.50 Å². The fourth-order valence-corrected chi connectivity index (χ4v) is 2.02. The van der Waals surface area contributed by atoms with Gasteiger partial charge in [0, 0.05) is 12.7 Å². The fourth-order valence-electron chi connectivity index (χ4n) is 2.02. The Morgan fingerprint density at radius 3 is 2.00 bits per heavy atom. The van der Waals surface area contributed by atoms with E-state index in [0.29, 0.717) is 5.75 Å². The number of alkyl halides is 1. The van der Waals surface area contributed by atoms with Crippen molar-refractivity contribution in [3.8, 4) is 5.75 Å². The van der Waals surface area contributed by atoms with E-state index in [2.05, 4.69) is 5.32 Å². The standard InChI is InChI=1S/C19H22FNO3/c1-21-16-8-4-14(5-9-16)2-3-15-6-10-17(11-7-15)24-13-19(23)18(22)12-20/h2-11,18-19,21-23H,12-13H2,1H3. The van der Waals surface area contributed by atoms with Gasteiger partial charge in [-0.05, 0) is 35.4 Å². The van der Waals surface area contributed by atoms with Gasteiger partial charge >= 0.3 is 0 Å². The molecule has 0 saturated heterocycles. The number of ether oxygens (including phenoxy) is 1. The molecule has 0 aliphatic heterocycles.